The van der Waals surface area contributed by atoms with E-state index in [2.05, 4.69) is 20.4 Å². The third kappa shape index (κ3) is 3.70. The zero-order valence-electron chi connectivity index (χ0n) is 17.1. The van der Waals surface area contributed by atoms with E-state index in [1.54, 1.807) is 6.07 Å². The van der Waals surface area contributed by atoms with Crippen molar-refractivity contribution in [3.8, 4) is 0 Å². The van der Waals surface area contributed by atoms with Crippen molar-refractivity contribution in [2.45, 2.75) is 37.9 Å². The number of alkyl halides is 3. The quantitative estimate of drug-likeness (QED) is 0.472. The molecule has 0 radical (unpaired) electrons. The maximum atomic E-state index is 13.2. The van der Waals surface area contributed by atoms with Crippen molar-refractivity contribution < 1.29 is 22.4 Å². The summed E-state index contributed by atoms with van der Waals surface area (Å²) in [6.45, 7) is 1.50. The predicted octanol–water partition coefficient (Wildman–Crippen LogP) is 3.29. The van der Waals surface area contributed by atoms with Crippen LogP contribution in [-0.2, 0) is 22.9 Å². The normalized spacial score (nSPS) is 15.2. The molecule has 1 amide bonds. The first-order valence-corrected chi connectivity index (χ1v) is 9.98. The maximum Gasteiger partial charge on any atom is 0.433 e. The zero-order chi connectivity index (χ0) is 23.5. The van der Waals surface area contributed by atoms with Gasteiger partial charge in [-0.1, -0.05) is 6.92 Å². The highest BCUT2D eigenvalue weighted by Gasteiger charge is 2.42. The Morgan fingerprint density at radius 3 is 2.61 bits per heavy atom. The Balaban J connectivity index is 1.64. The molecule has 0 atom stereocenters. The number of halogens is 4. The Labute approximate surface area is 182 Å². The Morgan fingerprint density at radius 2 is 1.97 bits per heavy atom. The lowest BCUT2D eigenvalue weighted by molar-refractivity contribution is -0.141. The highest BCUT2D eigenvalue weighted by atomic mass is 19.4. The largest absolute Gasteiger partial charge is 0.433 e. The van der Waals surface area contributed by atoms with Crippen LogP contribution >= 0.6 is 0 Å². The van der Waals surface area contributed by atoms with Crippen LogP contribution < -0.4 is 10.9 Å². The van der Waals surface area contributed by atoms with Crippen LogP contribution in [0.4, 0.5) is 23.4 Å². The summed E-state index contributed by atoms with van der Waals surface area (Å²) in [5, 5.41) is 6.80. The molecule has 0 unspecified atom stereocenters. The lowest BCUT2D eigenvalue weighted by Crippen LogP contribution is -2.30. The van der Waals surface area contributed by atoms with Gasteiger partial charge in [0.1, 0.15) is 29.5 Å². The van der Waals surface area contributed by atoms with Gasteiger partial charge in [-0.25, -0.2) is 14.4 Å². The summed E-state index contributed by atoms with van der Waals surface area (Å²) in [5.74, 6) is -1.12. The third-order valence-electron chi connectivity index (χ3n) is 5.72. The fourth-order valence-electron chi connectivity index (χ4n) is 3.57. The molecule has 8 nitrogen and oxygen atoms in total. The van der Waals surface area contributed by atoms with Gasteiger partial charge in [0, 0.05) is 11.5 Å². The maximum absolute atomic E-state index is 13.2. The van der Waals surface area contributed by atoms with Gasteiger partial charge in [-0.05, 0) is 37.1 Å². The van der Waals surface area contributed by atoms with Crippen molar-refractivity contribution in [2.75, 3.05) is 5.32 Å². The molecule has 0 saturated heterocycles. The number of nitrogens with one attached hydrogen (secondary N) is 1. The summed E-state index contributed by atoms with van der Waals surface area (Å²) in [6.07, 6.45) is -2.08. The Kier molecular flexibility index (Phi) is 4.52. The van der Waals surface area contributed by atoms with Gasteiger partial charge in [0.2, 0.25) is 5.91 Å². The van der Waals surface area contributed by atoms with E-state index in [1.807, 2.05) is 6.92 Å². The van der Waals surface area contributed by atoms with Crippen molar-refractivity contribution in [1.29, 1.82) is 0 Å². The first-order chi connectivity index (χ1) is 15.5. The first-order valence-electron chi connectivity index (χ1n) is 9.98. The molecule has 1 aliphatic carbocycles. The molecule has 33 heavy (non-hydrogen) atoms. The monoisotopic (exact) mass is 460 g/mol. The number of aromatic nitrogens is 5. The van der Waals surface area contributed by atoms with Crippen LogP contribution in [0.15, 0.2) is 41.3 Å². The van der Waals surface area contributed by atoms with E-state index in [1.165, 1.54) is 10.6 Å². The number of fused-ring (bicyclic) bond motifs is 3. The lowest BCUT2D eigenvalue weighted by atomic mass is 10.1. The summed E-state index contributed by atoms with van der Waals surface area (Å²) in [5.41, 5.74) is -1.58. The van der Waals surface area contributed by atoms with E-state index in [0.29, 0.717) is 5.69 Å². The number of nitrogens with zero attached hydrogens (tertiary/aromatic N) is 5. The summed E-state index contributed by atoms with van der Waals surface area (Å²) < 4.78 is 55.1. The second-order valence-electron chi connectivity index (χ2n) is 8.23. The molecule has 12 heteroatoms. The van der Waals surface area contributed by atoms with E-state index < -0.39 is 35.7 Å². The predicted molar refractivity (Wildman–Crippen MR) is 109 cm³/mol. The van der Waals surface area contributed by atoms with E-state index in [9.17, 15) is 27.2 Å². The summed E-state index contributed by atoms with van der Waals surface area (Å²) in [7, 11) is 0. The van der Waals surface area contributed by atoms with Gasteiger partial charge >= 0.3 is 6.18 Å². The standard InChI is InChI=1S/C21H16F4N6O2/c1-20(6-7-20)14-8-17-30(10-16(32)28-15-5-2-11(22)9-26-15)19(33)12-3-4-13(21(23,24)25)27-18(12)31(17)29-14/h2-5,8-9H,6-7,10H2,1H3,(H,26,28,32). The average Bonchev–Trinajstić information content (AvgIpc) is 3.34. The first kappa shape index (κ1) is 21.0. The van der Waals surface area contributed by atoms with Gasteiger partial charge in [-0.3, -0.25) is 14.2 Å². The van der Waals surface area contributed by atoms with E-state index in [4.69, 9.17) is 0 Å². The number of carbonyl (C=O) groups excluding carboxylic acids is 1. The van der Waals surface area contributed by atoms with Crippen LogP contribution in [-0.4, -0.2) is 30.1 Å². The minimum absolute atomic E-state index is 0.0856. The van der Waals surface area contributed by atoms with Crippen molar-refractivity contribution in [3.63, 3.8) is 0 Å². The highest BCUT2D eigenvalue weighted by Crippen LogP contribution is 2.47. The van der Waals surface area contributed by atoms with Crippen molar-refractivity contribution in [3.05, 3.63) is 64.1 Å². The second kappa shape index (κ2) is 7.09. The minimum atomic E-state index is -4.70. The molecular formula is C21H16F4N6O2. The summed E-state index contributed by atoms with van der Waals surface area (Å²) in [6, 6.07) is 5.73. The van der Waals surface area contributed by atoms with Crippen LogP contribution in [0.5, 0.6) is 0 Å². The van der Waals surface area contributed by atoms with Gasteiger partial charge in [0.25, 0.3) is 5.56 Å². The fourth-order valence-corrected chi connectivity index (χ4v) is 3.57. The highest BCUT2D eigenvalue weighted by molar-refractivity contribution is 5.90. The van der Waals surface area contributed by atoms with Gasteiger partial charge in [0.05, 0.1) is 17.3 Å². The number of rotatable bonds is 4. The molecule has 1 N–H and O–H groups in total. The average molecular weight is 460 g/mol. The molecular weight excluding hydrogens is 444 g/mol. The fraction of sp³-hybridized carbons (Fsp3) is 0.286. The number of anilines is 1. The Bertz CT molecular complexity index is 1470. The molecule has 4 aromatic heterocycles. The van der Waals surface area contributed by atoms with Gasteiger partial charge in [-0.15, -0.1) is 0 Å². The van der Waals surface area contributed by atoms with E-state index in [0.717, 1.165) is 41.8 Å². The Hall–Kier alpha value is -3.83. The molecule has 0 aliphatic heterocycles. The van der Waals surface area contributed by atoms with Crippen LogP contribution in [0, 0.1) is 5.82 Å². The molecule has 0 spiro atoms. The minimum Gasteiger partial charge on any atom is -0.309 e. The third-order valence-corrected chi connectivity index (χ3v) is 5.72. The lowest BCUT2D eigenvalue weighted by Gasteiger charge is -2.12. The molecule has 0 aromatic carbocycles. The topological polar surface area (TPSA) is 94.2 Å². The molecule has 170 valence electrons. The Morgan fingerprint density at radius 1 is 1.21 bits per heavy atom. The molecule has 4 heterocycles. The number of pyridine rings is 2. The van der Waals surface area contributed by atoms with Crippen molar-refractivity contribution in [2.24, 2.45) is 0 Å². The number of hydrogen-bond donors (Lipinski definition) is 1. The van der Waals surface area contributed by atoms with Crippen molar-refractivity contribution >= 4 is 28.4 Å². The van der Waals surface area contributed by atoms with Gasteiger partial charge < -0.3 is 5.32 Å². The number of hydrogen-bond acceptors (Lipinski definition) is 5. The molecule has 1 fully saturated rings. The van der Waals surface area contributed by atoms with Crippen LogP contribution in [0.3, 0.4) is 0 Å². The SMILES string of the molecule is CC1(c2cc3n(CC(=O)Nc4ccc(F)cn4)c(=O)c4ccc(C(F)(F)F)nc4n3n2)CC1. The van der Waals surface area contributed by atoms with Gasteiger partial charge in [-0.2, -0.15) is 22.8 Å². The summed E-state index contributed by atoms with van der Waals surface area (Å²) in [4.78, 5) is 33.2. The molecule has 1 aliphatic rings. The van der Waals surface area contributed by atoms with Crippen LogP contribution in [0.1, 0.15) is 31.2 Å². The molecule has 4 aromatic rings. The zero-order valence-corrected chi connectivity index (χ0v) is 17.1. The van der Waals surface area contributed by atoms with E-state index in [-0.39, 0.29) is 27.9 Å². The van der Waals surface area contributed by atoms with Crippen LogP contribution in [0.25, 0.3) is 16.7 Å². The molecule has 5 rings (SSSR count). The smallest absolute Gasteiger partial charge is 0.309 e. The van der Waals surface area contributed by atoms with Crippen LogP contribution in [0.2, 0.25) is 0 Å². The summed E-state index contributed by atoms with van der Waals surface area (Å²) >= 11 is 0. The second-order valence-corrected chi connectivity index (χ2v) is 8.23. The van der Waals surface area contributed by atoms with Gasteiger partial charge in [0.15, 0.2) is 5.65 Å². The van der Waals surface area contributed by atoms with E-state index >= 15 is 0 Å². The number of carbonyl (C=O) groups is 1. The van der Waals surface area contributed by atoms with Crippen molar-refractivity contribution in [1.82, 2.24) is 24.1 Å². The molecule has 0 bridgehead atoms. The molecule has 1 saturated carbocycles. The number of amides is 1.